The zero-order valence-electron chi connectivity index (χ0n) is 13.9. The van der Waals surface area contributed by atoms with Crippen molar-refractivity contribution in [2.45, 2.75) is 20.0 Å². The van der Waals surface area contributed by atoms with E-state index in [0.29, 0.717) is 0 Å². The summed E-state index contributed by atoms with van der Waals surface area (Å²) in [5, 5.41) is 1.08. The Labute approximate surface area is 140 Å². The van der Waals surface area contributed by atoms with Gasteiger partial charge in [0.25, 0.3) is 0 Å². The van der Waals surface area contributed by atoms with Gasteiger partial charge in [0.15, 0.2) is 0 Å². The average Bonchev–Trinajstić information content (AvgIpc) is 3.03. The van der Waals surface area contributed by atoms with Crippen molar-refractivity contribution < 1.29 is 9.15 Å². The first-order valence-corrected chi connectivity index (χ1v) is 7.95. The molecule has 1 unspecified atom stereocenters. The number of benzene rings is 2. The van der Waals surface area contributed by atoms with E-state index in [9.17, 15) is 0 Å². The van der Waals surface area contributed by atoms with Crippen molar-refractivity contribution in [2.75, 3.05) is 7.11 Å². The topological polar surface area (TPSA) is 48.2 Å². The number of para-hydroxylation sites is 1. The van der Waals surface area contributed by atoms with Gasteiger partial charge in [0.1, 0.15) is 11.3 Å². The molecular weight excluding hydrogens is 300 g/mol. The predicted molar refractivity (Wildman–Crippen MR) is 94.9 cm³/mol. The minimum atomic E-state index is -0.0861. The van der Waals surface area contributed by atoms with E-state index < -0.39 is 0 Å². The molecule has 4 heteroatoms. The molecule has 24 heavy (non-hydrogen) atoms. The van der Waals surface area contributed by atoms with Gasteiger partial charge in [-0.25, -0.2) is 4.98 Å². The Bertz CT molecular complexity index is 1000. The number of furan rings is 1. The summed E-state index contributed by atoms with van der Waals surface area (Å²) in [6.45, 7) is 4.02. The van der Waals surface area contributed by atoms with Gasteiger partial charge in [-0.1, -0.05) is 18.2 Å². The molecule has 120 valence electrons. The van der Waals surface area contributed by atoms with Gasteiger partial charge in [0, 0.05) is 18.1 Å². The monoisotopic (exact) mass is 318 g/mol. The summed E-state index contributed by atoms with van der Waals surface area (Å²) in [5.74, 6) is 0.812. The van der Waals surface area contributed by atoms with E-state index in [0.717, 1.165) is 44.6 Å². The van der Waals surface area contributed by atoms with E-state index in [2.05, 4.69) is 24.0 Å². The van der Waals surface area contributed by atoms with Gasteiger partial charge in [0.05, 0.1) is 29.0 Å². The summed E-state index contributed by atoms with van der Waals surface area (Å²) < 4.78 is 11.4. The molecule has 0 N–H and O–H groups in total. The lowest BCUT2D eigenvalue weighted by Gasteiger charge is -2.11. The second kappa shape index (κ2) is 5.73. The zero-order valence-corrected chi connectivity index (χ0v) is 13.9. The van der Waals surface area contributed by atoms with Crippen molar-refractivity contribution >= 4 is 22.0 Å². The van der Waals surface area contributed by atoms with E-state index in [-0.39, 0.29) is 6.10 Å². The third-order valence-electron chi connectivity index (χ3n) is 4.27. The lowest BCUT2D eigenvalue weighted by atomic mass is 10.1. The van der Waals surface area contributed by atoms with Crippen LogP contribution in [-0.2, 0) is 4.74 Å². The largest absolute Gasteiger partial charge is 0.456 e. The molecule has 0 bridgehead atoms. The quantitative estimate of drug-likeness (QED) is 0.530. The summed E-state index contributed by atoms with van der Waals surface area (Å²) in [7, 11) is 1.67. The second-order valence-electron chi connectivity index (χ2n) is 6.00. The molecule has 0 saturated carbocycles. The Kier molecular flexibility index (Phi) is 3.54. The average molecular weight is 318 g/mol. The molecule has 0 radical (unpaired) electrons. The molecule has 0 aliphatic heterocycles. The van der Waals surface area contributed by atoms with E-state index >= 15 is 0 Å². The van der Waals surface area contributed by atoms with Crippen LogP contribution in [0.2, 0.25) is 0 Å². The normalized spacial score (nSPS) is 12.8. The van der Waals surface area contributed by atoms with Crippen LogP contribution >= 0.6 is 0 Å². The second-order valence-corrected chi connectivity index (χ2v) is 6.00. The van der Waals surface area contributed by atoms with Crippen molar-refractivity contribution in [3.63, 3.8) is 0 Å². The van der Waals surface area contributed by atoms with Crippen molar-refractivity contribution in [3.05, 3.63) is 59.9 Å². The Balaban J connectivity index is 1.94. The number of methoxy groups -OCH3 is 1. The Morgan fingerprint density at radius 2 is 1.96 bits per heavy atom. The molecular formula is C20H18N2O2. The zero-order chi connectivity index (χ0) is 16.7. The molecule has 2 aromatic heterocycles. The van der Waals surface area contributed by atoms with Gasteiger partial charge < -0.3 is 9.15 Å². The van der Waals surface area contributed by atoms with Crippen LogP contribution < -0.4 is 0 Å². The third kappa shape index (κ3) is 2.45. The number of hydrogen-bond acceptors (Lipinski definition) is 4. The van der Waals surface area contributed by atoms with Crippen LogP contribution in [0.1, 0.15) is 24.3 Å². The maximum atomic E-state index is 6.02. The molecule has 0 spiro atoms. The summed E-state index contributed by atoms with van der Waals surface area (Å²) in [4.78, 5) is 9.35. The number of nitrogens with zero attached hydrogens (tertiary/aromatic N) is 2. The highest BCUT2D eigenvalue weighted by molar-refractivity contribution is 5.93. The van der Waals surface area contributed by atoms with Gasteiger partial charge in [-0.05, 0) is 43.7 Å². The fourth-order valence-corrected chi connectivity index (χ4v) is 2.90. The van der Waals surface area contributed by atoms with Crippen LogP contribution in [0.4, 0.5) is 0 Å². The lowest BCUT2D eigenvalue weighted by molar-refractivity contribution is 0.116. The molecule has 2 heterocycles. The van der Waals surface area contributed by atoms with Gasteiger partial charge >= 0.3 is 0 Å². The van der Waals surface area contributed by atoms with Crippen LogP contribution in [0.25, 0.3) is 33.3 Å². The molecule has 0 amide bonds. The van der Waals surface area contributed by atoms with Gasteiger partial charge in [-0.2, -0.15) is 0 Å². The van der Waals surface area contributed by atoms with Crippen LogP contribution in [-0.4, -0.2) is 17.1 Å². The maximum Gasteiger partial charge on any atom is 0.137 e. The predicted octanol–water partition coefficient (Wildman–Crippen LogP) is 5.06. The molecule has 0 fully saturated rings. The van der Waals surface area contributed by atoms with Crippen molar-refractivity contribution in [1.29, 1.82) is 0 Å². The van der Waals surface area contributed by atoms with Gasteiger partial charge in [-0.3, -0.25) is 4.98 Å². The van der Waals surface area contributed by atoms with E-state index in [1.54, 1.807) is 13.3 Å². The molecule has 2 aromatic carbocycles. The number of aromatic nitrogens is 2. The highest BCUT2D eigenvalue weighted by Gasteiger charge is 2.14. The fraction of sp³-hybridized carbons (Fsp3) is 0.200. The lowest BCUT2D eigenvalue weighted by Crippen LogP contribution is -2.01. The molecule has 0 saturated heterocycles. The molecule has 4 aromatic rings. The Hall–Kier alpha value is -2.72. The number of rotatable bonds is 3. The fourth-order valence-electron chi connectivity index (χ4n) is 2.90. The summed E-state index contributed by atoms with van der Waals surface area (Å²) >= 11 is 0. The highest BCUT2D eigenvalue weighted by Crippen LogP contribution is 2.33. The molecule has 0 aliphatic rings. The number of fused-ring (bicyclic) bond motifs is 2. The molecule has 1 atom stereocenters. The number of aryl methyl sites for hydroxylation is 1. The van der Waals surface area contributed by atoms with Gasteiger partial charge in [0.2, 0.25) is 0 Å². The molecule has 4 nitrogen and oxygen atoms in total. The SMILES string of the molecule is COC(C)c1cnc2c(-c3cc4ccccc4o3)cc(C)cc2n1. The third-order valence-corrected chi connectivity index (χ3v) is 4.27. The van der Waals surface area contributed by atoms with Crippen LogP contribution in [0.15, 0.2) is 53.1 Å². The summed E-state index contributed by atoms with van der Waals surface area (Å²) in [5.41, 5.74) is 5.48. The first-order chi connectivity index (χ1) is 11.7. The minimum absolute atomic E-state index is 0.0861. The van der Waals surface area contributed by atoms with Crippen molar-refractivity contribution in [1.82, 2.24) is 9.97 Å². The van der Waals surface area contributed by atoms with Crippen molar-refractivity contribution in [3.8, 4) is 11.3 Å². The minimum Gasteiger partial charge on any atom is -0.456 e. The van der Waals surface area contributed by atoms with E-state index in [1.165, 1.54) is 0 Å². The highest BCUT2D eigenvalue weighted by atomic mass is 16.5. The summed E-state index contributed by atoms with van der Waals surface area (Å²) in [6.07, 6.45) is 1.69. The first-order valence-electron chi connectivity index (χ1n) is 7.95. The Morgan fingerprint density at radius 3 is 2.75 bits per heavy atom. The van der Waals surface area contributed by atoms with E-state index in [1.807, 2.05) is 37.3 Å². The molecule has 0 aliphatic carbocycles. The van der Waals surface area contributed by atoms with Crippen LogP contribution in [0.3, 0.4) is 0 Å². The maximum absolute atomic E-state index is 6.02. The van der Waals surface area contributed by atoms with E-state index in [4.69, 9.17) is 14.1 Å². The van der Waals surface area contributed by atoms with Crippen LogP contribution in [0.5, 0.6) is 0 Å². The van der Waals surface area contributed by atoms with Crippen molar-refractivity contribution in [2.24, 2.45) is 0 Å². The molecule has 4 rings (SSSR count). The van der Waals surface area contributed by atoms with Crippen LogP contribution in [0, 0.1) is 6.92 Å². The first kappa shape index (κ1) is 14.8. The standard InChI is InChI=1S/C20H18N2O2/c1-12-8-15(19-10-14-6-4-5-7-18(14)24-19)20-16(9-12)22-17(11-21-20)13(2)23-3/h4-11,13H,1-3H3. The number of ether oxygens (including phenoxy) is 1. The summed E-state index contributed by atoms with van der Waals surface area (Å²) in [6, 6.07) is 14.2. The van der Waals surface area contributed by atoms with Gasteiger partial charge in [-0.15, -0.1) is 0 Å². The smallest absolute Gasteiger partial charge is 0.137 e. The Morgan fingerprint density at radius 1 is 1.12 bits per heavy atom. The number of hydrogen-bond donors (Lipinski definition) is 0.